The molecule has 0 aliphatic heterocycles. The van der Waals surface area contributed by atoms with E-state index in [1.807, 2.05) is 6.92 Å². The number of phenols is 1. The molecule has 0 aliphatic carbocycles. The van der Waals surface area contributed by atoms with Crippen molar-refractivity contribution < 1.29 is 17.7 Å². The zero-order valence-electron chi connectivity index (χ0n) is 17.4. The highest BCUT2D eigenvalue weighted by atomic mass is 32.2. The molecule has 0 fully saturated rings. The van der Waals surface area contributed by atoms with Crippen LogP contribution in [-0.4, -0.2) is 18.8 Å². The highest BCUT2D eigenvalue weighted by Crippen LogP contribution is 2.26. The summed E-state index contributed by atoms with van der Waals surface area (Å²) in [5.74, 6) is 0.236. The Morgan fingerprint density at radius 3 is 2.04 bits per heavy atom. The smallest absolute Gasteiger partial charge is 0.312 e. The second-order valence-corrected chi connectivity index (χ2v) is 9.37. The van der Waals surface area contributed by atoms with Gasteiger partial charge in [0.15, 0.2) is 0 Å². The molecule has 5 heteroatoms. The maximum atomic E-state index is 12.6. The Kier molecular flexibility index (Phi) is 11.5. The summed E-state index contributed by atoms with van der Waals surface area (Å²) in [6, 6.07) is 4.62. The Labute approximate surface area is 166 Å². The van der Waals surface area contributed by atoms with Crippen LogP contribution in [0.4, 0.5) is 0 Å². The largest absolute Gasteiger partial charge is 0.508 e. The molecule has 0 saturated carbocycles. The van der Waals surface area contributed by atoms with Crippen LogP contribution in [0, 0.1) is 6.92 Å². The van der Waals surface area contributed by atoms with E-state index in [9.17, 15) is 13.5 Å². The highest BCUT2D eigenvalue weighted by Gasteiger charge is 2.26. The van der Waals surface area contributed by atoms with Crippen molar-refractivity contribution in [3.05, 3.63) is 23.8 Å². The maximum absolute atomic E-state index is 12.6. The van der Waals surface area contributed by atoms with Crippen molar-refractivity contribution in [3.8, 4) is 11.5 Å². The lowest BCUT2D eigenvalue weighted by Gasteiger charge is -2.17. The van der Waals surface area contributed by atoms with E-state index in [0.717, 1.165) is 19.3 Å². The number of hydrogen-bond acceptors (Lipinski definition) is 4. The summed E-state index contributed by atoms with van der Waals surface area (Å²) in [5.41, 5.74) is 0.694. The van der Waals surface area contributed by atoms with E-state index in [1.54, 1.807) is 19.1 Å². The monoisotopic (exact) mass is 398 g/mol. The van der Waals surface area contributed by atoms with Gasteiger partial charge < -0.3 is 9.29 Å². The van der Waals surface area contributed by atoms with Crippen LogP contribution in [0.5, 0.6) is 11.5 Å². The number of aromatic hydroxyl groups is 1. The Morgan fingerprint density at radius 1 is 0.889 bits per heavy atom. The van der Waals surface area contributed by atoms with Crippen LogP contribution in [0.3, 0.4) is 0 Å². The zero-order valence-corrected chi connectivity index (χ0v) is 18.2. The first-order valence-corrected chi connectivity index (χ1v) is 12.1. The minimum atomic E-state index is -3.69. The fourth-order valence-corrected chi connectivity index (χ4v) is 4.77. The first kappa shape index (κ1) is 23.8. The average molecular weight is 399 g/mol. The van der Waals surface area contributed by atoms with Crippen LogP contribution < -0.4 is 4.18 Å². The second kappa shape index (κ2) is 13.0. The number of rotatable bonds is 15. The normalized spacial score (nSPS) is 12.9. The molecular formula is C22H38O4S. The quantitative estimate of drug-likeness (QED) is 0.270. The number of benzene rings is 1. The van der Waals surface area contributed by atoms with Gasteiger partial charge in [0.2, 0.25) is 0 Å². The van der Waals surface area contributed by atoms with Gasteiger partial charge in [-0.15, -0.1) is 0 Å². The Hall–Kier alpha value is -1.23. The van der Waals surface area contributed by atoms with E-state index >= 15 is 0 Å². The number of unbranched alkanes of at least 4 members (excludes halogenated alkanes) is 8. The summed E-state index contributed by atoms with van der Waals surface area (Å²) in [6.07, 6.45) is 13.0. The van der Waals surface area contributed by atoms with Gasteiger partial charge in [-0.2, -0.15) is 8.42 Å². The predicted octanol–water partition coefficient (Wildman–Crippen LogP) is 6.50. The Morgan fingerprint density at radius 2 is 1.48 bits per heavy atom. The number of phenolic OH excluding ortho intramolecular Hbond substituents is 1. The molecule has 0 heterocycles. The molecule has 1 aromatic rings. The van der Waals surface area contributed by atoms with Crippen molar-refractivity contribution in [2.24, 2.45) is 0 Å². The molecular weight excluding hydrogens is 360 g/mol. The van der Waals surface area contributed by atoms with Crippen molar-refractivity contribution in [2.45, 2.75) is 103 Å². The third-order valence-corrected chi connectivity index (χ3v) is 6.75. The molecule has 156 valence electrons. The van der Waals surface area contributed by atoms with Gasteiger partial charge in [-0.25, -0.2) is 0 Å². The van der Waals surface area contributed by atoms with Gasteiger partial charge >= 0.3 is 10.1 Å². The lowest BCUT2D eigenvalue weighted by atomic mass is 10.0. The van der Waals surface area contributed by atoms with Gasteiger partial charge in [-0.05, 0) is 31.4 Å². The summed E-state index contributed by atoms with van der Waals surface area (Å²) in [4.78, 5) is 0. The summed E-state index contributed by atoms with van der Waals surface area (Å²) >= 11 is 0. The van der Waals surface area contributed by atoms with Crippen molar-refractivity contribution in [1.29, 1.82) is 0 Å². The number of hydrogen-bond donors (Lipinski definition) is 1. The standard InChI is InChI=1S/C22H38O4S/c1-4-6-7-8-9-10-11-12-13-15-21(14-5-2)27(24,25)26-20-17-16-19(3)22(23)18-20/h16-18,21,23H,4-15H2,1-3H3. The average Bonchev–Trinajstić information content (AvgIpc) is 2.62. The molecule has 27 heavy (non-hydrogen) atoms. The molecule has 0 bridgehead atoms. The first-order chi connectivity index (χ1) is 12.9. The molecule has 1 N–H and O–H groups in total. The maximum Gasteiger partial charge on any atom is 0.312 e. The van der Waals surface area contributed by atoms with Crippen molar-refractivity contribution in [3.63, 3.8) is 0 Å². The van der Waals surface area contributed by atoms with Gasteiger partial charge in [0.25, 0.3) is 0 Å². The topological polar surface area (TPSA) is 63.6 Å². The van der Waals surface area contributed by atoms with E-state index in [4.69, 9.17) is 4.18 Å². The lowest BCUT2D eigenvalue weighted by Crippen LogP contribution is -2.26. The summed E-state index contributed by atoms with van der Waals surface area (Å²) in [5, 5.41) is 9.28. The number of aryl methyl sites for hydroxylation is 1. The SMILES string of the molecule is CCCCCCCCCCCC(CCC)S(=O)(=O)Oc1ccc(C)c(O)c1. The highest BCUT2D eigenvalue weighted by molar-refractivity contribution is 7.87. The zero-order chi connectivity index (χ0) is 20.1. The molecule has 0 radical (unpaired) electrons. The lowest BCUT2D eigenvalue weighted by molar-refractivity contribution is 0.444. The predicted molar refractivity (Wildman–Crippen MR) is 113 cm³/mol. The van der Waals surface area contributed by atoms with Crippen LogP contribution in [0.1, 0.15) is 96.5 Å². The second-order valence-electron chi connectivity index (χ2n) is 7.55. The molecule has 0 spiro atoms. The Balaban J connectivity index is 2.42. The van der Waals surface area contributed by atoms with Crippen LogP contribution in [0.2, 0.25) is 0 Å². The molecule has 1 rings (SSSR count). The Bertz CT molecular complexity index is 625. The van der Waals surface area contributed by atoms with Crippen molar-refractivity contribution in [2.75, 3.05) is 0 Å². The molecule has 0 amide bonds. The first-order valence-electron chi connectivity index (χ1n) is 10.6. The van der Waals surface area contributed by atoms with Gasteiger partial charge in [0.1, 0.15) is 11.5 Å². The van der Waals surface area contributed by atoms with E-state index in [2.05, 4.69) is 6.92 Å². The fraction of sp³-hybridized carbons (Fsp3) is 0.727. The van der Waals surface area contributed by atoms with E-state index < -0.39 is 15.4 Å². The summed E-state index contributed by atoms with van der Waals surface area (Å²) in [7, 11) is -3.69. The van der Waals surface area contributed by atoms with E-state index in [1.165, 1.54) is 51.0 Å². The van der Waals surface area contributed by atoms with Gasteiger partial charge in [-0.1, -0.05) is 84.1 Å². The van der Waals surface area contributed by atoms with Gasteiger partial charge in [0, 0.05) is 6.07 Å². The molecule has 0 aromatic heterocycles. The van der Waals surface area contributed by atoms with Gasteiger partial charge in [0.05, 0.1) is 5.25 Å². The molecule has 1 aromatic carbocycles. The van der Waals surface area contributed by atoms with E-state index in [0.29, 0.717) is 18.4 Å². The third kappa shape index (κ3) is 9.50. The summed E-state index contributed by atoms with van der Waals surface area (Å²) < 4.78 is 30.6. The third-order valence-electron chi connectivity index (χ3n) is 5.04. The molecule has 0 saturated heterocycles. The van der Waals surface area contributed by atoms with Crippen LogP contribution >= 0.6 is 0 Å². The summed E-state index contributed by atoms with van der Waals surface area (Å²) in [6.45, 7) is 5.99. The van der Waals surface area contributed by atoms with Crippen molar-refractivity contribution >= 4 is 10.1 Å². The van der Waals surface area contributed by atoms with Crippen LogP contribution in [0.15, 0.2) is 18.2 Å². The minimum Gasteiger partial charge on any atom is -0.508 e. The molecule has 4 nitrogen and oxygen atoms in total. The molecule has 1 unspecified atom stereocenters. The van der Waals surface area contributed by atoms with Crippen molar-refractivity contribution in [1.82, 2.24) is 0 Å². The molecule has 1 atom stereocenters. The van der Waals surface area contributed by atoms with Crippen LogP contribution in [0.25, 0.3) is 0 Å². The van der Waals surface area contributed by atoms with Gasteiger partial charge in [-0.3, -0.25) is 0 Å². The van der Waals surface area contributed by atoms with E-state index in [-0.39, 0.29) is 11.5 Å². The fourth-order valence-electron chi connectivity index (χ4n) is 3.28. The molecule has 0 aliphatic rings. The minimum absolute atomic E-state index is 0.0497. The van der Waals surface area contributed by atoms with Crippen LogP contribution in [-0.2, 0) is 10.1 Å².